The van der Waals surface area contributed by atoms with Crippen molar-refractivity contribution in [3.05, 3.63) is 22.4 Å². The lowest BCUT2D eigenvalue weighted by molar-refractivity contribution is 0.0631. The molecule has 19 heavy (non-hydrogen) atoms. The molecule has 1 heterocycles. The van der Waals surface area contributed by atoms with Gasteiger partial charge in [0.05, 0.1) is 6.54 Å². The number of nitrogens with one attached hydrogen (secondary N) is 2. The number of hydrogen-bond donors (Lipinski definition) is 3. The summed E-state index contributed by atoms with van der Waals surface area (Å²) in [6, 6.07) is 3.50. The molecule has 4 nitrogen and oxygen atoms in total. The van der Waals surface area contributed by atoms with Gasteiger partial charge in [-0.2, -0.15) is 11.8 Å². The van der Waals surface area contributed by atoms with Crippen molar-refractivity contribution >= 4 is 29.1 Å². The van der Waals surface area contributed by atoms with Crippen molar-refractivity contribution in [3.63, 3.8) is 0 Å². The zero-order valence-electron chi connectivity index (χ0n) is 11.8. The van der Waals surface area contributed by atoms with E-state index in [4.69, 9.17) is 0 Å². The standard InChI is InChI=1S/C13H22N2O2S2/c1-12(2,18-4)8-14-11(16)15-9-13(3,17)10-6-5-7-19-10/h5-7,17H,8-9H2,1-4H3,(H2,14,15,16). The van der Waals surface area contributed by atoms with Crippen LogP contribution in [-0.2, 0) is 5.60 Å². The first-order valence-corrected chi connectivity index (χ1v) is 8.20. The molecule has 0 bridgehead atoms. The maximum Gasteiger partial charge on any atom is 0.314 e. The second kappa shape index (κ2) is 6.63. The quantitative estimate of drug-likeness (QED) is 0.756. The van der Waals surface area contributed by atoms with Crippen LogP contribution in [0.1, 0.15) is 25.6 Å². The Kier molecular flexibility index (Phi) is 5.70. The molecule has 0 aliphatic heterocycles. The molecule has 1 aromatic heterocycles. The fraction of sp³-hybridized carbons (Fsp3) is 0.615. The molecule has 108 valence electrons. The minimum Gasteiger partial charge on any atom is -0.383 e. The molecular weight excluding hydrogens is 280 g/mol. The highest BCUT2D eigenvalue weighted by Crippen LogP contribution is 2.24. The minimum absolute atomic E-state index is 0.00755. The normalized spacial score (nSPS) is 14.8. The van der Waals surface area contributed by atoms with Gasteiger partial charge in [-0.25, -0.2) is 4.79 Å². The van der Waals surface area contributed by atoms with Crippen LogP contribution in [0, 0.1) is 0 Å². The summed E-state index contributed by atoms with van der Waals surface area (Å²) in [4.78, 5) is 12.5. The van der Waals surface area contributed by atoms with E-state index in [0.717, 1.165) is 4.88 Å². The molecule has 0 fully saturated rings. The number of carbonyl (C=O) groups excluding carboxylic acids is 1. The first-order valence-electron chi connectivity index (χ1n) is 6.10. The molecule has 1 unspecified atom stereocenters. The number of thiophene rings is 1. The Bertz CT molecular complexity index is 403. The summed E-state index contributed by atoms with van der Waals surface area (Å²) in [5, 5.41) is 17.7. The Morgan fingerprint density at radius 1 is 1.37 bits per heavy atom. The van der Waals surface area contributed by atoms with E-state index < -0.39 is 5.60 Å². The molecule has 0 spiro atoms. The summed E-state index contributed by atoms with van der Waals surface area (Å²) >= 11 is 3.18. The van der Waals surface area contributed by atoms with Crippen molar-refractivity contribution in [1.82, 2.24) is 10.6 Å². The topological polar surface area (TPSA) is 61.4 Å². The van der Waals surface area contributed by atoms with Gasteiger partial charge in [0.2, 0.25) is 0 Å². The number of urea groups is 1. The van der Waals surface area contributed by atoms with Crippen molar-refractivity contribution in [3.8, 4) is 0 Å². The van der Waals surface area contributed by atoms with E-state index in [1.165, 1.54) is 11.3 Å². The maximum atomic E-state index is 11.7. The molecule has 0 aliphatic carbocycles. The van der Waals surface area contributed by atoms with E-state index in [0.29, 0.717) is 6.54 Å². The lowest BCUT2D eigenvalue weighted by atomic mass is 10.1. The van der Waals surface area contributed by atoms with Crippen LogP contribution in [-0.4, -0.2) is 35.2 Å². The van der Waals surface area contributed by atoms with Crippen LogP contribution in [0.2, 0.25) is 0 Å². The van der Waals surface area contributed by atoms with Gasteiger partial charge in [-0.15, -0.1) is 11.3 Å². The Labute approximate surface area is 123 Å². The highest BCUT2D eigenvalue weighted by atomic mass is 32.2. The highest BCUT2D eigenvalue weighted by molar-refractivity contribution is 7.99. The SMILES string of the molecule is CSC(C)(C)CNC(=O)NCC(C)(O)c1cccs1. The molecule has 2 amide bonds. The van der Waals surface area contributed by atoms with Crippen molar-refractivity contribution in [2.45, 2.75) is 31.1 Å². The molecule has 0 aliphatic rings. The predicted octanol–water partition coefficient (Wildman–Crippen LogP) is 2.40. The molecule has 1 atom stereocenters. The van der Waals surface area contributed by atoms with Crippen LogP contribution in [0.4, 0.5) is 4.79 Å². The minimum atomic E-state index is -1.03. The summed E-state index contributed by atoms with van der Waals surface area (Å²) < 4.78 is 0.00755. The van der Waals surface area contributed by atoms with Gasteiger partial charge in [0, 0.05) is 16.2 Å². The Morgan fingerprint density at radius 3 is 2.53 bits per heavy atom. The predicted molar refractivity (Wildman–Crippen MR) is 82.9 cm³/mol. The lowest BCUT2D eigenvalue weighted by Gasteiger charge is -2.25. The maximum absolute atomic E-state index is 11.7. The zero-order chi connectivity index (χ0) is 14.5. The third kappa shape index (κ3) is 5.42. The Morgan fingerprint density at radius 2 is 2.00 bits per heavy atom. The summed E-state index contributed by atoms with van der Waals surface area (Å²) in [6.07, 6.45) is 2.02. The highest BCUT2D eigenvalue weighted by Gasteiger charge is 2.25. The lowest BCUT2D eigenvalue weighted by Crippen LogP contribution is -2.46. The van der Waals surface area contributed by atoms with E-state index in [9.17, 15) is 9.90 Å². The smallest absolute Gasteiger partial charge is 0.314 e. The molecular formula is C13H22N2O2S2. The van der Waals surface area contributed by atoms with Gasteiger partial charge in [-0.05, 0) is 38.5 Å². The van der Waals surface area contributed by atoms with Crippen molar-refractivity contribution in [2.75, 3.05) is 19.3 Å². The zero-order valence-corrected chi connectivity index (χ0v) is 13.5. The van der Waals surface area contributed by atoms with Gasteiger partial charge in [-0.3, -0.25) is 0 Å². The Balaban J connectivity index is 2.38. The number of carbonyl (C=O) groups is 1. The molecule has 0 saturated carbocycles. The van der Waals surface area contributed by atoms with Crippen molar-refractivity contribution < 1.29 is 9.90 Å². The number of hydrogen-bond acceptors (Lipinski definition) is 4. The van der Waals surface area contributed by atoms with E-state index >= 15 is 0 Å². The van der Waals surface area contributed by atoms with E-state index in [2.05, 4.69) is 24.5 Å². The van der Waals surface area contributed by atoms with Gasteiger partial charge in [0.25, 0.3) is 0 Å². The summed E-state index contributed by atoms with van der Waals surface area (Å²) in [5.74, 6) is 0. The van der Waals surface area contributed by atoms with Crippen LogP contribution in [0.5, 0.6) is 0 Å². The van der Waals surface area contributed by atoms with Crippen LogP contribution >= 0.6 is 23.1 Å². The first kappa shape index (κ1) is 16.3. The van der Waals surface area contributed by atoms with Gasteiger partial charge in [-0.1, -0.05) is 6.07 Å². The average molecular weight is 302 g/mol. The number of aliphatic hydroxyl groups is 1. The molecule has 0 saturated heterocycles. The van der Waals surface area contributed by atoms with Crippen molar-refractivity contribution in [1.29, 1.82) is 0 Å². The molecule has 0 radical (unpaired) electrons. The summed E-state index contributed by atoms with van der Waals surface area (Å²) in [5.41, 5.74) is -1.03. The van der Waals surface area contributed by atoms with Crippen LogP contribution in [0.25, 0.3) is 0 Å². The van der Waals surface area contributed by atoms with Crippen LogP contribution < -0.4 is 10.6 Å². The number of rotatable bonds is 6. The summed E-state index contributed by atoms with van der Waals surface area (Å²) in [6.45, 7) is 6.62. The van der Waals surface area contributed by atoms with Gasteiger partial charge in [0.15, 0.2) is 0 Å². The molecule has 6 heteroatoms. The van der Waals surface area contributed by atoms with Crippen LogP contribution in [0.3, 0.4) is 0 Å². The average Bonchev–Trinajstić information content (AvgIpc) is 2.89. The number of thioether (sulfide) groups is 1. The molecule has 1 aromatic rings. The van der Waals surface area contributed by atoms with E-state index in [-0.39, 0.29) is 17.3 Å². The van der Waals surface area contributed by atoms with Gasteiger partial charge in [0.1, 0.15) is 5.60 Å². The van der Waals surface area contributed by atoms with Gasteiger partial charge >= 0.3 is 6.03 Å². The van der Waals surface area contributed by atoms with Gasteiger partial charge < -0.3 is 15.7 Å². The summed E-state index contributed by atoms with van der Waals surface area (Å²) in [7, 11) is 0. The molecule has 3 N–H and O–H groups in total. The fourth-order valence-electron chi connectivity index (χ4n) is 1.35. The number of amides is 2. The third-order valence-electron chi connectivity index (χ3n) is 2.87. The second-order valence-electron chi connectivity index (χ2n) is 5.25. The monoisotopic (exact) mass is 302 g/mol. The molecule has 1 rings (SSSR count). The van der Waals surface area contributed by atoms with E-state index in [1.54, 1.807) is 18.7 Å². The van der Waals surface area contributed by atoms with Crippen molar-refractivity contribution in [2.24, 2.45) is 0 Å². The van der Waals surface area contributed by atoms with Crippen LogP contribution in [0.15, 0.2) is 17.5 Å². The molecule has 0 aromatic carbocycles. The second-order valence-corrected chi connectivity index (χ2v) is 7.71. The fourth-order valence-corrected chi connectivity index (χ4v) is 2.36. The van der Waals surface area contributed by atoms with E-state index in [1.807, 2.05) is 23.8 Å². The largest absolute Gasteiger partial charge is 0.383 e. The Hall–Kier alpha value is -0.720. The third-order valence-corrected chi connectivity index (χ3v) is 5.24. The first-order chi connectivity index (χ1) is 8.77.